The van der Waals surface area contributed by atoms with E-state index in [0.717, 1.165) is 21.5 Å². The molecule has 0 heterocycles. The summed E-state index contributed by atoms with van der Waals surface area (Å²) in [5, 5.41) is 4.35. The summed E-state index contributed by atoms with van der Waals surface area (Å²) in [5.74, 6) is -0.111. The molecule has 0 spiro atoms. The summed E-state index contributed by atoms with van der Waals surface area (Å²) in [6, 6.07) is 24.5. The van der Waals surface area contributed by atoms with Crippen molar-refractivity contribution in [1.29, 1.82) is 0 Å². The van der Waals surface area contributed by atoms with Gasteiger partial charge in [-0.25, -0.2) is 8.42 Å². The van der Waals surface area contributed by atoms with E-state index in [9.17, 15) is 8.42 Å². The van der Waals surface area contributed by atoms with Crippen molar-refractivity contribution in [3.05, 3.63) is 102 Å². The van der Waals surface area contributed by atoms with Gasteiger partial charge in [-0.2, -0.15) is 0 Å². The molecule has 4 aromatic rings. The lowest BCUT2D eigenvalue weighted by Crippen LogP contribution is -2.07. The Balaban J connectivity index is 1.89. The third-order valence-corrected chi connectivity index (χ3v) is 6.62. The zero-order chi connectivity index (χ0) is 19.0. The zero-order valence-electron chi connectivity index (χ0n) is 14.5. The Morgan fingerprint density at radius 3 is 1.89 bits per heavy atom. The van der Waals surface area contributed by atoms with Crippen LogP contribution in [0.25, 0.3) is 26.5 Å². The van der Waals surface area contributed by atoms with Crippen LogP contribution >= 0.6 is 11.6 Å². The van der Waals surface area contributed by atoms with Crippen molar-refractivity contribution in [2.24, 2.45) is 0 Å². The summed E-state index contributed by atoms with van der Waals surface area (Å²) in [6.45, 7) is 4.00. The number of rotatable bonds is 4. The van der Waals surface area contributed by atoms with Gasteiger partial charge in [-0.15, -0.1) is 0 Å². The Morgan fingerprint density at radius 1 is 0.815 bits per heavy atom. The smallest absolute Gasteiger partial charge is 0.182 e. The van der Waals surface area contributed by atoms with E-state index >= 15 is 0 Å². The van der Waals surface area contributed by atoms with E-state index in [1.54, 1.807) is 24.3 Å². The van der Waals surface area contributed by atoms with E-state index in [0.29, 0.717) is 16.1 Å². The molecule has 0 saturated carbocycles. The largest absolute Gasteiger partial charge is 0.223 e. The van der Waals surface area contributed by atoms with Gasteiger partial charge in [-0.05, 0) is 45.3 Å². The van der Waals surface area contributed by atoms with Crippen molar-refractivity contribution in [2.45, 2.75) is 5.75 Å². The Bertz CT molecular complexity index is 1220. The Hall–Kier alpha value is -2.62. The van der Waals surface area contributed by atoms with Crippen molar-refractivity contribution in [2.75, 3.05) is 0 Å². The van der Waals surface area contributed by atoms with Gasteiger partial charge < -0.3 is 0 Å². The van der Waals surface area contributed by atoms with Gasteiger partial charge in [-0.3, -0.25) is 0 Å². The van der Waals surface area contributed by atoms with Crippen LogP contribution in [0.2, 0.25) is 5.02 Å². The summed E-state index contributed by atoms with van der Waals surface area (Å²) < 4.78 is 26.3. The normalized spacial score (nSPS) is 11.7. The monoisotopic (exact) mass is 392 g/mol. The van der Waals surface area contributed by atoms with Crippen molar-refractivity contribution >= 4 is 47.9 Å². The lowest BCUT2D eigenvalue weighted by molar-refractivity contribution is 0.605. The quantitative estimate of drug-likeness (QED) is 0.385. The van der Waals surface area contributed by atoms with Crippen LogP contribution in [0, 0.1) is 0 Å². The van der Waals surface area contributed by atoms with E-state index in [4.69, 9.17) is 11.6 Å². The fourth-order valence-corrected chi connectivity index (χ4v) is 4.82. The molecule has 0 unspecified atom stereocenters. The van der Waals surface area contributed by atoms with Crippen LogP contribution in [0.1, 0.15) is 11.1 Å². The molecule has 0 amide bonds. The van der Waals surface area contributed by atoms with Crippen LogP contribution in [0.3, 0.4) is 0 Å². The molecular formula is C23H17ClO2S. The Labute approximate surface area is 163 Å². The number of fused-ring (bicyclic) bond motifs is 2. The number of hydrogen-bond acceptors (Lipinski definition) is 2. The van der Waals surface area contributed by atoms with Gasteiger partial charge in [0, 0.05) is 10.6 Å². The Kier molecular flexibility index (Phi) is 4.50. The molecule has 0 aliphatic heterocycles. The molecule has 134 valence electrons. The first-order chi connectivity index (χ1) is 13.0. The standard InChI is InChI=1S/C23H17ClO2S/c1-16(27(25,26)15-17-10-12-20(24)13-11-17)23-21-8-4-2-6-18(21)14-19-7-3-5-9-22(19)23/h2-14H,1,15H2. The highest BCUT2D eigenvalue weighted by Crippen LogP contribution is 2.36. The van der Waals surface area contributed by atoms with E-state index in [2.05, 4.69) is 12.6 Å². The first-order valence-corrected chi connectivity index (χ1v) is 10.6. The van der Waals surface area contributed by atoms with Crippen molar-refractivity contribution in [3.8, 4) is 0 Å². The van der Waals surface area contributed by atoms with Crippen molar-refractivity contribution in [1.82, 2.24) is 0 Å². The average Bonchev–Trinajstić information content (AvgIpc) is 2.67. The van der Waals surface area contributed by atoms with Crippen molar-refractivity contribution < 1.29 is 8.42 Å². The van der Waals surface area contributed by atoms with E-state index < -0.39 is 9.84 Å². The summed E-state index contributed by atoms with van der Waals surface area (Å²) in [6.07, 6.45) is 0. The van der Waals surface area contributed by atoms with Crippen molar-refractivity contribution in [3.63, 3.8) is 0 Å². The van der Waals surface area contributed by atoms with Gasteiger partial charge >= 0.3 is 0 Å². The summed E-state index contributed by atoms with van der Waals surface area (Å²) in [5.41, 5.74) is 1.36. The highest BCUT2D eigenvalue weighted by atomic mass is 35.5. The highest BCUT2D eigenvalue weighted by molar-refractivity contribution is 7.99. The maximum atomic E-state index is 13.1. The topological polar surface area (TPSA) is 34.1 Å². The predicted molar refractivity (Wildman–Crippen MR) is 115 cm³/mol. The van der Waals surface area contributed by atoms with Gasteiger partial charge in [0.05, 0.1) is 10.7 Å². The van der Waals surface area contributed by atoms with Gasteiger partial charge in [0.15, 0.2) is 9.84 Å². The molecular weight excluding hydrogens is 376 g/mol. The second-order valence-corrected chi connectivity index (χ2v) is 8.95. The molecule has 0 aromatic heterocycles. The highest BCUT2D eigenvalue weighted by Gasteiger charge is 2.22. The molecule has 4 aromatic carbocycles. The third kappa shape index (κ3) is 3.36. The van der Waals surface area contributed by atoms with Crippen LogP contribution in [0.5, 0.6) is 0 Å². The fraction of sp³-hybridized carbons (Fsp3) is 0.0435. The SMILES string of the molecule is C=C(c1c2ccccc2cc2ccccc12)S(=O)(=O)Cc1ccc(Cl)cc1. The Morgan fingerprint density at radius 2 is 1.33 bits per heavy atom. The second-order valence-electron chi connectivity index (χ2n) is 6.50. The fourth-order valence-electron chi connectivity index (χ4n) is 3.36. The van der Waals surface area contributed by atoms with Crippen LogP contribution < -0.4 is 0 Å². The minimum absolute atomic E-state index is 0.111. The van der Waals surface area contributed by atoms with E-state index in [-0.39, 0.29) is 10.7 Å². The van der Waals surface area contributed by atoms with Gasteiger partial charge in [-0.1, -0.05) is 78.8 Å². The molecule has 0 N–H and O–H groups in total. The molecule has 27 heavy (non-hydrogen) atoms. The summed E-state index contributed by atoms with van der Waals surface area (Å²) >= 11 is 5.91. The molecule has 0 fully saturated rings. The molecule has 0 bridgehead atoms. The maximum absolute atomic E-state index is 13.1. The van der Waals surface area contributed by atoms with Crippen LogP contribution in [-0.4, -0.2) is 8.42 Å². The molecule has 2 nitrogen and oxygen atoms in total. The lowest BCUT2D eigenvalue weighted by Gasteiger charge is -2.14. The molecule has 0 radical (unpaired) electrons. The summed E-state index contributed by atoms with van der Waals surface area (Å²) in [4.78, 5) is 0.144. The number of hydrogen-bond donors (Lipinski definition) is 0. The van der Waals surface area contributed by atoms with Gasteiger partial charge in [0.1, 0.15) is 0 Å². The van der Waals surface area contributed by atoms with Crippen LogP contribution in [0.15, 0.2) is 85.4 Å². The average molecular weight is 393 g/mol. The third-order valence-electron chi connectivity index (χ3n) is 4.70. The predicted octanol–water partition coefficient (Wildman–Crippen LogP) is 6.23. The van der Waals surface area contributed by atoms with Crippen LogP contribution in [0.4, 0.5) is 0 Å². The van der Waals surface area contributed by atoms with E-state index in [1.807, 2.05) is 48.5 Å². The first kappa shape index (κ1) is 17.8. The summed E-state index contributed by atoms with van der Waals surface area (Å²) in [7, 11) is -3.60. The molecule has 0 saturated heterocycles. The molecule has 4 heteroatoms. The minimum atomic E-state index is -3.60. The lowest BCUT2D eigenvalue weighted by atomic mass is 9.97. The molecule has 0 aliphatic carbocycles. The first-order valence-electron chi connectivity index (χ1n) is 8.53. The molecule has 4 rings (SSSR count). The number of sulfone groups is 1. The zero-order valence-corrected chi connectivity index (χ0v) is 16.1. The maximum Gasteiger partial charge on any atom is 0.182 e. The molecule has 0 atom stereocenters. The second kappa shape index (κ2) is 6.84. The molecule has 0 aliphatic rings. The van der Waals surface area contributed by atoms with E-state index in [1.165, 1.54) is 0 Å². The van der Waals surface area contributed by atoms with Gasteiger partial charge in [0.25, 0.3) is 0 Å². The van der Waals surface area contributed by atoms with Crippen LogP contribution in [-0.2, 0) is 15.6 Å². The minimum Gasteiger partial charge on any atom is -0.223 e. The van der Waals surface area contributed by atoms with Gasteiger partial charge in [0.2, 0.25) is 0 Å². The number of halogens is 1. The number of benzene rings is 4.